The Balaban J connectivity index is 1.79. The maximum Gasteiger partial charge on any atom is 0.411 e. The molecular formula is C15H11Cl4NO3. The molecule has 122 valence electrons. The Bertz CT molecular complexity index is 689. The summed E-state index contributed by atoms with van der Waals surface area (Å²) in [5, 5.41) is 4.00. The molecule has 0 aromatic heterocycles. The fourth-order valence-electron chi connectivity index (χ4n) is 1.63. The van der Waals surface area contributed by atoms with Crippen LogP contribution in [-0.2, 0) is 4.74 Å². The Morgan fingerprint density at radius 3 is 2.30 bits per heavy atom. The second kappa shape index (κ2) is 8.50. The van der Waals surface area contributed by atoms with Gasteiger partial charge in [0.25, 0.3) is 0 Å². The quantitative estimate of drug-likeness (QED) is 0.639. The van der Waals surface area contributed by atoms with Gasteiger partial charge in [-0.15, -0.1) is 0 Å². The number of ether oxygens (including phenoxy) is 2. The highest BCUT2D eigenvalue weighted by molar-refractivity contribution is 6.39. The smallest absolute Gasteiger partial charge is 0.411 e. The number of para-hydroxylation sites is 1. The lowest BCUT2D eigenvalue weighted by atomic mass is 10.3. The van der Waals surface area contributed by atoms with Gasteiger partial charge in [-0.25, -0.2) is 4.79 Å². The Labute approximate surface area is 153 Å². The molecule has 0 saturated carbocycles. The van der Waals surface area contributed by atoms with Gasteiger partial charge in [-0.3, -0.25) is 5.32 Å². The molecule has 1 N–H and O–H groups in total. The molecule has 0 aliphatic heterocycles. The lowest BCUT2D eigenvalue weighted by Crippen LogP contribution is -2.18. The zero-order chi connectivity index (χ0) is 16.8. The van der Waals surface area contributed by atoms with E-state index < -0.39 is 6.09 Å². The normalized spacial score (nSPS) is 10.3. The third-order valence-electron chi connectivity index (χ3n) is 2.66. The predicted molar refractivity (Wildman–Crippen MR) is 93.4 cm³/mol. The van der Waals surface area contributed by atoms with Crippen LogP contribution in [0.15, 0.2) is 36.4 Å². The van der Waals surface area contributed by atoms with Crippen LogP contribution in [-0.4, -0.2) is 19.3 Å². The molecule has 8 heteroatoms. The first kappa shape index (κ1) is 18.0. The van der Waals surface area contributed by atoms with Crippen molar-refractivity contribution < 1.29 is 14.3 Å². The van der Waals surface area contributed by atoms with E-state index in [-0.39, 0.29) is 13.2 Å². The fraction of sp³-hybridized carbons (Fsp3) is 0.133. The molecule has 4 nitrogen and oxygen atoms in total. The Morgan fingerprint density at radius 1 is 0.957 bits per heavy atom. The summed E-state index contributed by atoms with van der Waals surface area (Å²) in [7, 11) is 0. The maximum absolute atomic E-state index is 11.7. The van der Waals surface area contributed by atoms with Crippen LogP contribution < -0.4 is 10.1 Å². The van der Waals surface area contributed by atoms with E-state index in [4.69, 9.17) is 55.9 Å². The van der Waals surface area contributed by atoms with Crippen molar-refractivity contribution in [3.63, 3.8) is 0 Å². The molecule has 0 fully saturated rings. The molecule has 2 aromatic carbocycles. The van der Waals surface area contributed by atoms with E-state index in [9.17, 15) is 4.79 Å². The summed E-state index contributed by atoms with van der Waals surface area (Å²) in [6.45, 7) is 0.151. The van der Waals surface area contributed by atoms with Gasteiger partial charge in [-0.2, -0.15) is 0 Å². The van der Waals surface area contributed by atoms with Crippen molar-refractivity contribution in [1.29, 1.82) is 0 Å². The van der Waals surface area contributed by atoms with Gasteiger partial charge < -0.3 is 9.47 Å². The Kier molecular flexibility index (Phi) is 6.66. The summed E-state index contributed by atoms with van der Waals surface area (Å²) in [4.78, 5) is 11.7. The first-order valence-electron chi connectivity index (χ1n) is 6.43. The molecule has 0 radical (unpaired) electrons. The largest absolute Gasteiger partial charge is 0.488 e. The first-order valence-corrected chi connectivity index (χ1v) is 7.94. The minimum Gasteiger partial charge on any atom is -0.488 e. The number of nitrogens with one attached hydrogen (secondary N) is 1. The molecule has 0 aliphatic rings. The molecule has 0 atom stereocenters. The van der Waals surface area contributed by atoms with Gasteiger partial charge in [-0.05, 0) is 30.3 Å². The molecular weight excluding hydrogens is 384 g/mol. The SMILES string of the molecule is O=C(Nc1c(Cl)cccc1Cl)OCCOc1ccc(Cl)cc1Cl. The lowest BCUT2D eigenvalue weighted by Gasteiger charge is -2.11. The number of hydrogen-bond acceptors (Lipinski definition) is 3. The van der Waals surface area contributed by atoms with Crippen molar-refractivity contribution in [2.24, 2.45) is 0 Å². The van der Waals surface area contributed by atoms with E-state index in [0.717, 1.165) is 0 Å². The van der Waals surface area contributed by atoms with Gasteiger partial charge in [-0.1, -0.05) is 52.5 Å². The van der Waals surface area contributed by atoms with Crippen LogP contribution in [0.3, 0.4) is 0 Å². The van der Waals surface area contributed by atoms with Crippen molar-refractivity contribution in [2.45, 2.75) is 0 Å². The minimum atomic E-state index is -0.689. The zero-order valence-corrected chi connectivity index (χ0v) is 14.6. The van der Waals surface area contributed by atoms with Crippen molar-refractivity contribution in [3.05, 3.63) is 56.5 Å². The van der Waals surface area contributed by atoms with Crippen LogP contribution >= 0.6 is 46.4 Å². The second-order valence-corrected chi connectivity index (χ2v) is 5.94. The number of benzene rings is 2. The summed E-state index contributed by atoms with van der Waals surface area (Å²) >= 11 is 23.6. The topological polar surface area (TPSA) is 47.6 Å². The van der Waals surface area contributed by atoms with Gasteiger partial charge in [0.2, 0.25) is 0 Å². The Morgan fingerprint density at radius 2 is 1.65 bits per heavy atom. The van der Waals surface area contributed by atoms with Crippen molar-refractivity contribution in [1.82, 2.24) is 0 Å². The number of carbonyl (C=O) groups excluding carboxylic acids is 1. The Hall–Kier alpha value is -1.33. The summed E-state index contributed by atoms with van der Waals surface area (Å²) in [5.74, 6) is 0.453. The molecule has 0 spiro atoms. The van der Waals surface area contributed by atoms with E-state index in [1.165, 1.54) is 0 Å². The molecule has 23 heavy (non-hydrogen) atoms. The molecule has 0 saturated heterocycles. The van der Waals surface area contributed by atoms with Crippen LogP contribution in [0.2, 0.25) is 20.1 Å². The van der Waals surface area contributed by atoms with E-state index in [1.54, 1.807) is 36.4 Å². The highest BCUT2D eigenvalue weighted by atomic mass is 35.5. The lowest BCUT2D eigenvalue weighted by molar-refractivity contribution is 0.138. The van der Waals surface area contributed by atoms with Crippen molar-refractivity contribution in [2.75, 3.05) is 18.5 Å². The van der Waals surface area contributed by atoms with Crippen LogP contribution in [0, 0.1) is 0 Å². The molecule has 2 rings (SSSR count). The standard InChI is InChI=1S/C15H11Cl4NO3/c16-9-4-5-13(12(19)8-9)22-6-7-23-15(21)20-14-10(17)2-1-3-11(14)18/h1-5,8H,6-7H2,(H,20,21). The highest BCUT2D eigenvalue weighted by Gasteiger charge is 2.10. The second-order valence-electron chi connectivity index (χ2n) is 4.28. The predicted octanol–water partition coefficient (Wildman–Crippen LogP) is 5.93. The fourth-order valence-corrected chi connectivity index (χ4v) is 2.59. The van der Waals surface area contributed by atoms with Crippen molar-refractivity contribution in [3.8, 4) is 5.75 Å². The number of amides is 1. The number of halogens is 4. The summed E-state index contributed by atoms with van der Waals surface area (Å²) in [6, 6.07) is 9.73. The average Bonchev–Trinajstić information content (AvgIpc) is 2.49. The molecule has 0 heterocycles. The highest BCUT2D eigenvalue weighted by Crippen LogP contribution is 2.30. The average molecular weight is 395 g/mol. The van der Waals surface area contributed by atoms with Crippen LogP contribution in [0.1, 0.15) is 0 Å². The van der Waals surface area contributed by atoms with Gasteiger partial charge >= 0.3 is 6.09 Å². The van der Waals surface area contributed by atoms with Gasteiger partial charge in [0.05, 0.1) is 20.8 Å². The number of anilines is 1. The van der Waals surface area contributed by atoms with E-state index in [1.807, 2.05) is 0 Å². The van der Waals surface area contributed by atoms with Gasteiger partial charge in [0.15, 0.2) is 0 Å². The van der Waals surface area contributed by atoms with Crippen LogP contribution in [0.5, 0.6) is 5.75 Å². The third-order valence-corrected chi connectivity index (χ3v) is 3.82. The molecule has 0 bridgehead atoms. The third kappa shape index (κ3) is 5.36. The minimum absolute atomic E-state index is 0.0207. The van der Waals surface area contributed by atoms with Crippen LogP contribution in [0.4, 0.5) is 10.5 Å². The zero-order valence-electron chi connectivity index (χ0n) is 11.6. The summed E-state index contributed by atoms with van der Waals surface area (Å²) < 4.78 is 10.4. The summed E-state index contributed by atoms with van der Waals surface area (Å²) in [6.07, 6.45) is -0.689. The monoisotopic (exact) mass is 393 g/mol. The maximum atomic E-state index is 11.7. The van der Waals surface area contributed by atoms with Gasteiger partial charge in [0.1, 0.15) is 19.0 Å². The molecule has 0 aliphatic carbocycles. The van der Waals surface area contributed by atoms with Crippen LogP contribution in [0.25, 0.3) is 0 Å². The number of hydrogen-bond donors (Lipinski definition) is 1. The van der Waals surface area contributed by atoms with Gasteiger partial charge in [0, 0.05) is 5.02 Å². The summed E-state index contributed by atoms with van der Waals surface area (Å²) in [5.41, 5.74) is 0.294. The number of rotatable bonds is 5. The van der Waals surface area contributed by atoms with Crippen molar-refractivity contribution >= 4 is 58.2 Å². The molecule has 0 unspecified atom stereocenters. The van der Waals surface area contributed by atoms with E-state index in [2.05, 4.69) is 5.32 Å². The van der Waals surface area contributed by atoms with E-state index in [0.29, 0.717) is 31.5 Å². The molecule has 2 aromatic rings. The molecule has 1 amide bonds. The number of carbonyl (C=O) groups is 1. The van der Waals surface area contributed by atoms with E-state index >= 15 is 0 Å². The first-order chi connectivity index (χ1) is 11.0.